The molecule has 0 unspecified atom stereocenters. The van der Waals surface area contributed by atoms with E-state index in [0.717, 1.165) is 12.0 Å². The Hall–Kier alpha value is -1.55. The molecule has 0 saturated carbocycles. The van der Waals surface area contributed by atoms with Crippen molar-refractivity contribution in [3.8, 4) is 0 Å². The van der Waals surface area contributed by atoms with Crippen molar-refractivity contribution in [2.75, 3.05) is 0 Å². The molecule has 1 atom stereocenters. The van der Waals surface area contributed by atoms with E-state index >= 15 is 0 Å². The summed E-state index contributed by atoms with van der Waals surface area (Å²) in [6.07, 6.45) is 1.17. The Bertz CT molecular complexity index is 517. The molecule has 0 aliphatic heterocycles. The predicted octanol–water partition coefficient (Wildman–Crippen LogP) is 3.38. The first-order valence-corrected chi connectivity index (χ1v) is 8.07. The summed E-state index contributed by atoms with van der Waals surface area (Å²) in [4.78, 5) is 26.2. The van der Waals surface area contributed by atoms with Crippen molar-refractivity contribution in [2.45, 2.75) is 59.2 Å². The van der Waals surface area contributed by atoms with Crippen LogP contribution in [-0.2, 0) is 16.1 Å². The van der Waals surface area contributed by atoms with Gasteiger partial charge in [0.25, 0.3) is 0 Å². The number of halogens is 1. The van der Waals surface area contributed by atoms with Crippen LogP contribution in [-0.4, -0.2) is 28.8 Å². The van der Waals surface area contributed by atoms with Gasteiger partial charge in [-0.3, -0.25) is 9.59 Å². The number of benzene rings is 1. The summed E-state index contributed by atoms with van der Waals surface area (Å²) in [5.41, 5.74) is 0.845. The SMILES string of the molecule is CCCC(=O)N(Cc1ccccc1Cl)[C@H](C)C(=O)NC(C)C. The summed E-state index contributed by atoms with van der Waals surface area (Å²) in [6, 6.07) is 6.90. The molecule has 22 heavy (non-hydrogen) atoms. The molecule has 0 bridgehead atoms. The van der Waals surface area contributed by atoms with Crippen molar-refractivity contribution < 1.29 is 9.59 Å². The smallest absolute Gasteiger partial charge is 0.242 e. The quantitative estimate of drug-likeness (QED) is 0.836. The van der Waals surface area contributed by atoms with Gasteiger partial charge in [0.2, 0.25) is 11.8 Å². The number of nitrogens with one attached hydrogen (secondary N) is 1. The van der Waals surface area contributed by atoms with Crippen LogP contribution in [0.5, 0.6) is 0 Å². The fourth-order valence-corrected chi connectivity index (χ4v) is 2.35. The molecule has 0 heterocycles. The van der Waals surface area contributed by atoms with Crippen LogP contribution in [0.25, 0.3) is 0 Å². The van der Waals surface area contributed by atoms with Gasteiger partial charge in [-0.25, -0.2) is 0 Å². The first-order chi connectivity index (χ1) is 10.4. The second-order valence-electron chi connectivity index (χ2n) is 5.70. The van der Waals surface area contributed by atoms with Crippen LogP contribution in [0.1, 0.15) is 46.1 Å². The molecule has 1 N–H and O–H groups in total. The first-order valence-electron chi connectivity index (χ1n) is 7.70. The molecule has 2 amide bonds. The molecule has 0 spiro atoms. The lowest BCUT2D eigenvalue weighted by molar-refractivity contribution is -0.140. The summed E-state index contributed by atoms with van der Waals surface area (Å²) in [5, 5.41) is 3.46. The zero-order chi connectivity index (χ0) is 16.7. The van der Waals surface area contributed by atoms with Crippen LogP contribution in [0.2, 0.25) is 5.02 Å². The number of rotatable bonds is 7. The van der Waals surface area contributed by atoms with Crippen molar-refractivity contribution in [2.24, 2.45) is 0 Å². The Morgan fingerprint density at radius 3 is 2.41 bits per heavy atom. The molecular formula is C17H25ClN2O2. The fraction of sp³-hybridized carbons (Fsp3) is 0.529. The third-order valence-corrected chi connectivity index (χ3v) is 3.73. The Balaban J connectivity index is 2.95. The summed E-state index contributed by atoms with van der Waals surface area (Å²) in [6.45, 7) is 7.84. The molecule has 1 rings (SSSR count). The van der Waals surface area contributed by atoms with Gasteiger partial charge in [-0.15, -0.1) is 0 Å². The second-order valence-corrected chi connectivity index (χ2v) is 6.11. The first kappa shape index (κ1) is 18.5. The minimum Gasteiger partial charge on any atom is -0.352 e. The molecule has 0 fully saturated rings. The molecule has 1 aromatic carbocycles. The Kier molecular flexibility index (Phi) is 7.39. The molecule has 1 aromatic rings. The highest BCUT2D eigenvalue weighted by atomic mass is 35.5. The largest absolute Gasteiger partial charge is 0.352 e. The topological polar surface area (TPSA) is 49.4 Å². The Labute approximate surface area is 137 Å². The van der Waals surface area contributed by atoms with E-state index in [1.807, 2.05) is 39.0 Å². The minimum atomic E-state index is -0.530. The van der Waals surface area contributed by atoms with Crippen molar-refractivity contribution in [3.63, 3.8) is 0 Å². The van der Waals surface area contributed by atoms with Crippen LogP contribution in [0, 0.1) is 0 Å². The van der Waals surface area contributed by atoms with E-state index < -0.39 is 6.04 Å². The molecular weight excluding hydrogens is 300 g/mol. The number of hydrogen-bond acceptors (Lipinski definition) is 2. The number of carbonyl (C=O) groups excluding carboxylic acids is 2. The molecule has 0 aliphatic rings. The van der Waals surface area contributed by atoms with Gasteiger partial charge in [0.1, 0.15) is 6.04 Å². The van der Waals surface area contributed by atoms with Crippen LogP contribution < -0.4 is 5.32 Å². The van der Waals surface area contributed by atoms with Gasteiger partial charge in [-0.05, 0) is 38.8 Å². The maximum absolute atomic E-state index is 12.4. The lowest BCUT2D eigenvalue weighted by Gasteiger charge is -2.29. The van der Waals surface area contributed by atoms with Gasteiger partial charge >= 0.3 is 0 Å². The Morgan fingerprint density at radius 2 is 1.86 bits per heavy atom. The van der Waals surface area contributed by atoms with E-state index in [1.54, 1.807) is 17.9 Å². The highest BCUT2D eigenvalue weighted by molar-refractivity contribution is 6.31. The summed E-state index contributed by atoms with van der Waals surface area (Å²) < 4.78 is 0. The zero-order valence-corrected chi connectivity index (χ0v) is 14.5. The standard InChI is InChI=1S/C17H25ClN2O2/c1-5-8-16(21)20(13(4)17(22)19-12(2)3)11-14-9-6-7-10-15(14)18/h6-7,9-10,12-13H,5,8,11H2,1-4H3,(H,19,22)/t13-/m1/s1. The van der Waals surface area contributed by atoms with Crippen molar-refractivity contribution in [1.29, 1.82) is 0 Å². The summed E-state index contributed by atoms with van der Waals surface area (Å²) in [7, 11) is 0. The molecule has 0 saturated heterocycles. The van der Waals surface area contributed by atoms with Crippen LogP contribution in [0.4, 0.5) is 0 Å². The Morgan fingerprint density at radius 1 is 1.23 bits per heavy atom. The van der Waals surface area contributed by atoms with Gasteiger partial charge < -0.3 is 10.2 Å². The summed E-state index contributed by atoms with van der Waals surface area (Å²) in [5.74, 6) is -0.180. The highest BCUT2D eigenvalue weighted by Crippen LogP contribution is 2.19. The van der Waals surface area contributed by atoms with Gasteiger partial charge in [0.05, 0.1) is 0 Å². The maximum atomic E-state index is 12.4. The van der Waals surface area contributed by atoms with E-state index in [9.17, 15) is 9.59 Å². The lowest BCUT2D eigenvalue weighted by Crippen LogP contribution is -2.49. The van der Waals surface area contributed by atoms with E-state index in [-0.39, 0.29) is 17.9 Å². The van der Waals surface area contributed by atoms with Gasteiger partial charge in [-0.2, -0.15) is 0 Å². The van der Waals surface area contributed by atoms with E-state index in [0.29, 0.717) is 18.0 Å². The van der Waals surface area contributed by atoms with E-state index in [4.69, 9.17) is 11.6 Å². The predicted molar refractivity (Wildman–Crippen MR) is 89.7 cm³/mol. The van der Waals surface area contributed by atoms with Crippen LogP contribution in [0.15, 0.2) is 24.3 Å². The second kappa shape index (κ2) is 8.79. The normalized spacial score (nSPS) is 12.1. The van der Waals surface area contributed by atoms with E-state index in [2.05, 4.69) is 5.32 Å². The van der Waals surface area contributed by atoms with Crippen molar-refractivity contribution >= 4 is 23.4 Å². The average Bonchev–Trinajstić information content (AvgIpc) is 2.45. The molecule has 122 valence electrons. The molecule has 0 aromatic heterocycles. The number of amides is 2. The monoisotopic (exact) mass is 324 g/mol. The third-order valence-electron chi connectivity index (χ3n) is 3.36. The number of carbonyl (C=O) groups is 2. The van der Waals surface area contributed by atoms with Crippen molar-refractivity contribution in [3.05, 3.63) is 34.9 Å². The molecule has 0 radical (unpaired) electrons. The van der Waals surface area contributed by atoms with Gasteiger partial charge in [0, 0.05) is 24.0 Å². The molecule has 0 aliphatic carbocycles. The minimum absolute atomic E-state index is 0.0335. The fourth-order valence-electron chi connectivity index (χ4n) is 2.16. The molecule has 5 heteroatoms. The average molecular weight is 325 g/mol. The molecule has 4 nitrogen and oxygen atoms in total. The lowest BCUT2D eigenvalue weighted by atomic mass is 10.1. The van der Waals surface area contributed by atoms with Gasteiger partial charge in [0.15, 0.2) is 0 Å². The zero-order valence-electron chi connectivity index (χ0n) is 13.7. The maximum Gasteiger partial charge on any atom is 0.242 e. The van der Waals surface area contributed by atoms with Gasteiger partial charge in [-0.1, -0.05) is 36.7 Å². The summed E-state index contributed by atoms with van der Waals surface area (Å²) >= 11 is 6.18. The van der Waals surface area contributed by atoms with E-state index in [1.165, 1.54) is 0 Å². The number of hydrogen-bond donors (Lipinski definition) is 1. The third kappa shape index (κ3) is 5.34. The van der Waals surface area contributed by atoms with Crippen LogP contribution >= 0.6 is 11.6 Å². The van der Waals surface area contributed by atoms with Crippen LogP contribution in [0.3, 0.4) is 0 Å². The van der Waals surface area contributed by atoms with Crippen molar-refractivity contribution in [1.82, 2.24) is 10.2 Å². The number of nitrogens with zero attached hydrogens (tertiary/aromatic N) is 1. The highest BCUT2D eigenvalue weighted by Gasteiger charge is 2.26.